The number of para-hydroxylation sites is 2. The first kappa shape index (κ1) is 42.7. The summed E-state index contributed by atoms with van der Waals surface area (Å²) in [5, 5.41) is 1.06. The molecule has 0 unspecified atom stereocenters. The molecule has 4 nitrogen and oxygen atoms in total. The Morgan fingerprint density at radius 2 is 1.42 bits per heavy atom. The van der Waals surface area contributed by atoms with Crippen LogP contribution in [0.2, 0.25) is 17.3 Å². The summed E-state index contributed by atoms with van der Waals surface area (Å²) in [6, 6.07) is 58.4. The minimum Gasteiger partial charge on any atom is 0 e. The van der Waals surface area contributed by atoms with Gasteiger partial charge in [-0.1, -0.05) is 104 Å². The minimum atomic E-state index is -1.72. The topological polar surface area (TPSA) is 43.9 Å². The van der Waals surface area contributed by atoms with Crippen molar-refractivity contribution in [3.63, 3.8) is 0 Å². The van der Waals surface area contributed by atoms with Crippen LogP contribution < -0.4 is 4.40 Å². The number of hydrogen-bond acceptors (Lipinski definition) is 3. The van der Waals surface area contributed by atoms with Crippen LogP contribution in [0.5, 0.6) is 0 Å². The summed E-state index contributed by atoms with van der Waals surface area (Å²) >= 11 is -1.72. The molecule has 0 aliphatic carbocycles. The smallest absolute Gasteiger partial charge is 0 e. The number of halogens is 2. The molecule has 0 amide bonds. The van der Waals surface area contributed by atoms with E-state index >= 15 is 8.78 Å². The number of fused-ring (bicyclic) bond motifs is 4. The fraction of sp³-hybridized carbons (Fsp3) is 0.111. The first-order valence-corrected chi connectivity index (χ1v) is 27.7. The Hall–Kier alpha value is -5.99. The molecular formula is C54H43F2GeIrN3O-2. The second-order valence-electron chi connectivity index (χ2n) is 16.8. The predicted octanol–water partition coefficient (Wildman–Crippen LogP) is 13.8. The number of hydrogen-bond donors (Lipinski definition) is 0. The van der Waals surface area contributed by atoms with Crippen molar-refractivity contribution >= 4 is 50.6 Å². The van der Waals surface area contributed by atoms with Crippen molar-refractivity contribution in [2.45, 2.75) is 36.5 Å². The van der Waals surface area contributed by atoms with Crippen LogP contribution in [-0.4, -0.2) is 27.8 Å². The van der Waals surface area contributed by atoms with Crippen molar-refractivity contribution in [3.05, 3.63) is 205 Å². The molecule has 1 radical (unpaired) electrons. The first-order valence-electron chi connectivity index (χ1n) is 20.4. The second kappa shape index (κ2) is 17.4. The fourth-order valence-electron chi connectivity index (χ4n) is 7.86. The summed E-state index contributed by atoms with van der Waals surface area (Å²) in [4.78, 5) is 9.52. The van der Waals surface area contributed by atoms with Crippen molar-refractivity contribution in [1.82, 2.24) is 14.5 Å². The predicted molar refractivity (Wildman–Crippen MR) is 248 cm³/mol. The third-order valence-electron chi connectivity index (χ3n) is 11.4. The number of pyridine rings is 1. The van der Waals surface area contributed by atoms with Crippen LogP contribution in [0, 0.1) is 23.8 Å². The maximum absolute atomic E-state index is 15.6. The van der Waals surface area contributed by atoms with Gasteiger partial charge >= 0.3 is 99.8 Å². The third-order valence-corrected chi connectivity index (χ3v) is 15.7. The van der Waals surface area contributed by atoms with E-state index in [9.17, 15) is 0 Å². The fourth-order valence-corrected chi connectivity index (χ4v) is 10.0. The molecule has 8 heteroatoms. The molecule has 0 atom stereocenters. The summed E-state index contributed by atoms with van der Waals surface area (Å²) in [5.74, 6) is 6.93. The Bertz CT molecular complexity index is 3160. The summed E-state index contributed by atoms with van der Waals surface area (Å²) in [7, 11) is 0. The van der Waals surface area contributed by atoms with E-state index in [0.29, 0.717) is 44.6 Å². The number of furan rings is 1. The zero-order chi connectivity index (χ0) is 42.3. The number of benzene rings is 7. The van der Waals surface area contributed by atoms with Crippen LogP contribution >= 0.6 is 0 Å². The van der Waals surface area contributed by atoms with Gasteiger partial charge in [-0.05, 0) is 58.5 Å². The van der Waals surface area contributed by atoms with Gasteiger partial charge in [0.15, 0.2) is 0 Å². The number of aromatic nitrogens is 3. The van der Waals surface area contributed by atoms with Gasteiger partial charge in [0, 0.05) is 48.0 Å². The van der Waals surface area contributed by atoms with Gasteiger partial charge in [0.2, 0.25) is 0 Å². The van der Waals surface area contributed by atoms with Gasteiger partial charge in [0.05, 0.1) is 22.4 Å². The van der Waals surface area contributed by atoms with E-state index in [1.54, 1.807) is 6.07 Å². The molecule has 0 aliphatic heterocycles. The molecule has 0 saturated heterocycles. The zero-order valence-corrected chi connectivity index (χ0v) is 39.5. The largest absolute Gasteiger partial charge is 0 e. The van der Waals surface area contributed by atoms with Gasteiger partial charge in [0.1, 0.15) is 11.4 Å². The molecule has 3 aromatic heterocycles. The standard InChI is InChI=1S/C40H27F2N2O.C14H16GeN.Ir/c1-40(2,26-13-7-4-8-14-26)27-17-19-29-36(23-27)45-38-30(20-22-33(42)37(29)38)39-43-34-15-9-10-16-35(34)44(39)28-18-21-32(41)31(24-28)25-11-5-3-6-12-25;1-15(2,3)13-9-10-14(16-11-13)12-7-5-4-6-8-12;/h3-19,21-24H,1-2H3;4-7,9-11H,1-3H3;/q2*-1;. The number of rotatable bonds is 7. The third kappa shape index (κ3) is 8.21. The van der Waals surface area contributed by atoms with Gasteiger partial charge in [-0.15, -0.1) is 12.1 Å². The molecule has 0 bridgehead atoms. The van der Waals surface area contributed by atoms with E-state index in [1.165, 1.54) is 22.1 Å². The number of nitrogens with zero attached hydrogens (tertiary/aromatic N) is 3. The monoisotopic (exact) mass is 1050 g/mol. The summed E-state index contributed by atoms with van der Waals surface area (Å²) < 4.78 is 40.6. The van der Waals surface area contributed by atoms with Crippen LogP contribution in [-0.2, 0) is 25.5 Å². The van der Waals surface area contributed by atoms with Crippen molar-refractivity contribution in [2.75, 3.05) is 0 Å². The summed E-state index contributed by atoms with van der Waals surface area (Å²) in [6.45, 7) is 4.33. The zero-order valence-electron chi connectivity index (χ0n) is 35.0. The number of imidazole rings is 1. The van der Waals surface area contributed by atoms with Crippen LogP contribution in [0.25, 0.3) is 72.4 Å². The molecule has 7 aromatic carbocycles. The maximum atomic E-state index is 15.6. The Morgan fingerprint density at radius 3 is 2.13 bits per heavy atom. The maximum Gasteiger partial charge on any atom is 0 e. The van der Waals surface area contributed by atoms with Crippen LogP contribution in [0.4, 0.5) is 8.78 Å². The molecule has 0 N–H and O–H groups in total. The quantitative estimate of drug-likeness (QED) is 0.118. The molecule has 10 rings (SSSR count). The van der Waals surface area contributed by atoms with E-state index in [-0.39, 0.29) is 31.3 Å². The van der Waals surface area contributed by atoms with Gasteiger partial charge in [-0.25, -0.2) is 4.39 Å². The Kier molecular flexibility index (Phi) is 12.0. The molecule has 0 saturated carbocycles. The van der Waals surface area contributed by atoms with Crippen molar-refractivity contribution in [3.8, 4) is 39.5 Å². The van der Waals surface area contributed by atoms with Gasteiger partial charge in [-0.3, -0.25) is 9.37 Å². The summed E-state index contributed by atoms with van der Waals surface area (Å²) in [6.07, 6.45) is 2.04. The van der Waals surface area contributed by atoms with Gasteiger partial charge < -0.3 is 8.98 Å². The van der Waals surface area contributed by atoms with Crippen molar-refractivity contribution < 1.29 is 33.3 Å². The Morgan fingerprint density at radius 1 is 0.694 bits per heavy atom. The van der Waals surface area contributed by atoms with E-state index in [1.807, 2.05) is 132 Å². The average molecular weight is 1050 g/mol. The van der Waals surface area contributed by atoms with E-state index < -0.39 is 19.1 Å². The molecule has 309 valence electrons. The second-order valence-corrected chi connectivity index (χ2v) is 27.4. The van der Waals surface area contributed by atoms with E-state index in [4.69, 9.17) is 9.40 Å². The van der Waals surface area contributed by atoms with Gasteiger partial charge in [-0.2, -0.15) is 0 Å². The van der Waals surface area contributed by atoms with E-state index in [0.717, 1.165) is 33.4 Å². The molecule has 0 fully saturated rings. The molecular weight excluding hydrogens is 1010 g/mol. The molecule has 0 spiro atoms. The SMILES string of the molecule is CC(C)(c1ccccc1)c1ccc2c(c1)oc1c(-c3nc4ccccc4n3-c3ccc(F)c(-c4ccccc4)c3)[c-]cc(F)c12.[CH3][Ge]([CH3])([CH3])[c]1ccc(-c2[c-]cccc2)nc1.[Ir]. The van der Waals surface area contributed by atoms with E-state index in [2.05, 4.69) is 72.5 Å². The van der Waals surface area contributed by atoms with Crippen molar-refractivity contribution in [2.24, 2.45) is 0 Å². The van der Waals surface area contributed by atoms with Crippen LogP contribution in [0.3, 0.4) is 0 Å². The van der Waals surface area contributed by atoms with Crippen LogP contribution in [0.1, 0.15) is 25.0 Å². The Labute approximate surface area is 377 Å². The Balaban J connectivity index is 0.000000263. The molecule has 62 heavy (non-hydrogen) atoms. The molecule has 0 aliphatic rings. The first-order chi connectivity index (χ1) is 29.5. The minimum absolute atomic E-state index is 0. The normalized spacial score (nSPS) is 11.7. The van der Waals surface area contributed by atoms with Crippen molar-refractivity contribution in [1.29, 1.82) is 0 Å². The summed E-state index contributed by atoms with van der Waals surface area (Å²) in [5.41, 5.74) is 9.00. The molecule has 3 heterocycles. The average Bonchev–Trinajstić information content (AvgIpc) is 3.87. The van der Waals surface area contributed by atoms with Gasteiger partial charge in [0.25, 0.3) is 0 Å². The molecule has 10 aromatic rings. The van der Waals surface area contributed by atoms with Crippen LogP contribution in [0.15, 0.2) is 174 Å².